The maximum atomic E-state index is 11.3. The van der Waals surface area contributed by atoms with Crippen molar-refractivity contribution >= 4 is 16.7 Å². The van der Waals surface area contributed by atoms with Gasteiger partial charge in [-0.3, -0.25) is 4.79 Å². The number of aliphatic carboxylic acids is 1. The summed E-state index contributed by atoms with van der Waals surface area (Å²) in [5, 5.41) is 11.8. The molecule has 3 aromatic carbocycles. The normalized spacial score (nSPS) is 18.8. The first kappa shape index (κ1) is 18.2. The number of fused-ring (bicyclic) bond motifs is 2. The van der Waals surface area contributed by atoms with Crippen LogP contribution in [0.3, 0.4) is 0 Å². The summed E-state index contributed by atoms with van der Waals surface area (Å²) in [6.45, 7) is 0. The van der Waals surface area contributed by atoms with E-state index in [9.17, 15) is 9.90 Å². The minimum atomic E-state index is -0.721. The molecule has 29 heavy (non-hydrogen) atoms. The van der Waals surface area contributed by atoms with E-state index in [1.54, 1.807) is 0 Å². The van der Waals surface area contributed by atoms with Gasteiger partial charge in [0.25, 0.3) is 0 Å². The van der Waals surface area contributed by atoms with Crippen LogP contribution in [0.25, 0.3) is 21.9 Å². The van der Waals surface area contributed by atoms with Crippen LogP contribution in [-0.2, 0) is 11.2 Å². The van der Waals surface area contributed by atoms with Gasteiger partial charge in [0, 0.05) is 5.56 Å². The van der Waals surface area contributed by atoms with Gasteiger partial charge in [0.2, 0.25) is 0 Å². The van der Waals surface area contributed by atoms with Crippen LogP contribution in [0.5, 0.6) is 5.75 Å². The van der Waals surface area contributed by atoms with Crippen LogP contribution in [0.15, 0.2) is 54.6 Å². The van der Waals surface area contributed by atoms with Gasteiger partial charge >= 0.3 is 5.97 Å². The quantitative estimate of drug-likeness (QED) is 0.557. The standard InChI is InChI=1S/C26H26O3/c27-25(28)16-19-11-12-23-22(19)13-14-24(29-21-7-3-4-8-21)26(23)20-10-9-17-5-1-2-6-18(17)15-20/h1-2,5-6,9-10,13-15,19,21H,3-4,7-8,11-12,16H2,(H,27,28)/t19-/m1/s1. The first-order valence-corrected chi connectivity index (χ1v) is 10.7. The van der Waals surface area contributed by atoms with E-state index in [1.807, 2.05) is 0 Å². The lowest BCUT2D eigenvalue weighted by atomic mass is 9.91. The van der Waals surface area contributed by atoms with Gasteiger partial charge < -0.3 is 9.84 Å². The highest BCUT2D eigenvalue weighted by molar-refractivity contribution is 5.89. The van der Waals surface area contributed by atoms with Gasteiger partial charge in [-0.2, -0.15) is 0 Å². The highest BCUT2D eigenvalue weighted by Gasteiger charge is 2.29. The molecular weight excluding hydrogens is 360 g/mol. The molecule has 3 heteroatoms. The molecule has 0 amide bonds. The second-order valence-corrected chi connectivity index (χ2v) is 8.43. The molecule has 148 valence electrons. The van der Waals surface area contributed by atoms with Crippen LogP contribution in [0.2, 0.25) is 0 Å². The largest absolute Gasteiger partial charge is 0.490 e. The number of benzene rings is 3. The van der Waals surface area contributed by atoms with Crippen molar-refractivity contribution in [3.63, 3.8) is 0 Å². The van der Waals surface area contributed by atoms with Crippen molar-refractivity contribution in [2.75, 3.05) is 0 Å². The molecule has 3 aromatic rings. The second-order valence-electron chi connectivity index (χ2n) is 8.43. The summed E-state index contributed by atoms with van der Waals surface area (Å²) >= 11 is 0. The van der Waals surface area contributed by atoms with Crippen molar-refractivity contribution in [1.82, 2.24) is 0 Å². The van der Waals surface area contributed by atoms with Crippen molar-refractivity contribution in [3.05, 3.63) is 65.7 Å². The molecule has 0 aromatic heterocycles. The number of carboxylic acid groups (broad SMARTS) is 1. The number of hydrogen-bond acceptors (Lipinski definition) is 2. The zero-order chi connectivity index (χ0) is 19.8. The van der Waals surface area contributed by atoms with E-state index in [0.717, 1.165) is 31.4 Å². The Morgan fingerprint density at radius 1 is 0.966 bits per heavy atom. The molecule has 2 aliphatic rings. The van der Waals surface area contributed by atoms with Gasteiger partial charge in [0.1, 0.15) is 5.75 Å². The number of rotatable bonds is 5. The minimum absolute atomic E-state index is 0.0993. The molecule has 1 fully saturated rings. The summed E-state index contributed by atoms with van der Waals surface area (Å²) in [7, 11) is 0. The Balaban J connectivity index is 1.63. The third kappa shape index (κ3) is 3.50. The number of ether oxygens (including phenoxy) is 1. The van der Waals surface area contributed by atoms with Crippen LogP contribution in [0, 0.1) is 0 Å². The fraction of sp³-hybridized carbons (Fsp3) is 0.346. The lowest BCUT2D eigenvalue weighted by molar-refractivity contribution is -0.137. The Kier molecular flexibility index (Phi) is 4.75. The maximum Gasteiger partial charge on any atom is 0.303 e. The summed E-state index contributed by atoms with van der Waals surface area (Å²) < 4.78 is 6.50. The predicted octanol–water partition coefficient (Wildman–Crippen LogP) is 6.33. The van der Waals surface area contributed by atoms with E-state index in [4.69, 9.17) is 4.74 Å². The Labute approximate surface area is 171 Å². The van der Waals surface area contributed by atoms with E-state index < -0.39 is 5.97 Å². The van der Waals surface area contributed by atoms with E-state index >= 15 is 0 Å². The molecule has 3 nitrogen and oxygen atoms in total. The Morgan fingerprint density at radius 2 is 1.76 bits per heavy atom. The molecule has 1 atom stereocenters. The van der Waals surface area contributed by atoms with Crippen molar-refractivity contribution in [2.45, 2.75) is 57.0 Å². The van der Waals surface area contributed by atoms with Crippen molar-refractivity contribution in [1.29, 1.82) is 0 Å². The van der Waals surface area contributed by atoms with E-state index in [1.165, 1.54) is 45.9 Å². The van der Waals surface area contributed by atoms with Crippen LogP contribution in [0.1, 0.15) is 55.6 Å². The van der Waals surface area contributed by atoms with Crippen LogP contribution < -0.4 is 4.74 Å². The summed E-state index contributed by atoms with van der Waals surface area (Å²) in [6.07, 6.45) is 7.03. The molecule has 2 aliphatic carbocycles. The predicted molar refractivity (Wildman–Crippen MR) is 116 cm³/mol. The van der Waals surface area contributed by atoms with E-state index in [0.29, 0.717) is 6.10 Å². The molecule has 5 rings (SSSR count). The Hall–Kier alpha value is -2.81. The third-order valence-electron chi connectivity index (χ3n) is 6.55. The SMILES string of the molecule is O=C(O)C[C@H]1CCc2c1ccc(OC1CCCC1)c2-c1ccc2ccccc2c1. The summed E-state index contributed by atoms with van der Waals surface area (Å²) in [4.78, 5) is 11.3. The zero-order valence-electron chi connectivity index (χ0n) is 16.6. The maximum absolute atomic E-state index is 11.3. The monoisotopic (exact) mass is 386 g/mol. The molecule has 1 saturated carbocycles. The second kappa shape index (κ2) is 7.55. The molecule has 0 unspecified atom stereocenters. The molecule has 0 aliphatic heterocycles. The summed E-state index contributed by atoms with van der Waals surface area (Å²) in [5.74, 6) is 0.338. The van der Waals surface area contributed by atoms with Gasteiger partial charge in [0.05, 0.1) is 12.5 Å². The zero-order valence-corrected chi connectivity index (χ0v) is 16.6. The van der Waals surface area contributed by atoms with Gasteiger partial charge in [-0.05, 0) is 84.0 Å². The highest BCUT2D eigenvalue weighted by atomic mass is 16.5. The lowest BCUT2D eigenvalue weighted by Crippen LogP contribution is -2.12. The Morgan fingerprint density at radius 3 is 2.55 bits per heavy atom. The van der Waals surface area contributed by atoms with E-state index in [2.05, 4.69) is 54.6 Å². The number of hydrogen-bond donors (Lipinski definition) is 1. The summed E-state index contributed by atoms with van der Waals surface area (Å²) in [6, 6.07) is 19.2. The van der Waals surface area contributed by atoms with Crippen molar-refractivity contribution in [3.8, 4) is 16.9 Å². The van der Waals surface area contributed by atoms with Crippen LogP contribution >= 0.6 is 0 Å². The van der Waals surface area contributed by atoms with Crippen molar-refractivity contribution < 1.29 is 14.6 Å². The highest BCUT2D eigenvalue weighted by Crippen LogP contribution is 2.46. The molecule has 0 spiro atoms. The molecule has 0 bridgehead atoms. The van der Waals surface area contributed by atoms with Gasteiger partial charge in [-0.15, -0.1) is 0 Å². The first-order valence-electron chi connectivity index (χ1n) is 10.7. The average molecular weight is 386 g/mol. The molecular formula is C26H26O3. The van der Waals surface area contributed by atoms with Crippen LogP contribution in [0.4, 0.5) is 0 Å². The van der Waals surface area contributed by atoms with Crippen molar-refractivity contribution in [2.24, 2.45) is 0 Å². The minimum Gasteiger partial charge on any atom is -0.490 e. The molecule has 0 saturated heterocycles. The fourth-order valence-corrected chi connectivity index (χ4v) is 5.14. The van der Waals surface area contributed by atoms with E-state index in [-0.39, 0.29) is 12.3 Å². The first-order chi connectivity index (χ1) is 14.2. The summed E-state index contributed by atoms with van der Waals surface area (Å²) in [5.41, 5.74) is 4.81. The van der Waals surface area contributed by atoms with Gasteiger partial charge in [0.15, 0.2) is 0 Å². The molecule has 0 radical (unpaired) electrons. The van der Waals surface area contributed by atoms with Crippen LogP contribution in [-0.4, -0.2) is 17.2 Å². The lowest BCUT2D eigenvalue weighted by Gasteiger charge is -2.20. The van der Waals surface area contributed by atoms with Gasteiger partial charge in [-0.25, -0.2) is 0 Å². The topological polar surface area (TPSA) is 46.5 Å². The third-order valence-corrected chi connectivity index (χ3v) is 6.55. The molecule has 1 N–H and O–H groups in total. The number of carboxylic acids is 1. The average Bonchev–Trinajstić information content (AvgIpc) is 3.37. The smallest absolute Gasteiger partial charge is 0.303 e. The molecule has 0 heterocycles. The fourth-order valence-electron chi connectivity index (χ4n) is 5.14. The Bertz CT molecular complexity index is 1060. The van der Waals surface area contributed by atoms with Gasteiger partial charge in [-0.1, -0.05) is 42.5 Å². The number of carbonyl (C=O) groups is 1.